The number of halogens is 2. The first kappa shape index (κ1) is 21.1. The van der Waals surface area contributed by atoms with Crippen molar-refractivity contribution in [2.24, 2.45) is 11.8 Å². The summed E-state index contributed by atoms with van der Waals surface area (Å²) in [5.41, 5.74) is 0.491. The molecule has 29 heavy (non-hydrogen) atoms. The lowest BCUT2D eigenvalue weighted by Gasteiger charge is -2.13. The van der Waals surface area contributed by atoms with Gasteiger partial charge in [0.2, 0.25) is 5.91 Å². The fraction of sp³-hybridized carbons (Fsp3) is 0.421. The van der Waals surface area contributed by atoms with Crippen LogP contribution in [0.2, 0.25) is 0 Å². The van der Waals surface area contributed by atoms with E-state index in [0.29, 0.717) is 11.5 Å². The number of rotatable bonds is 8. The highest BCUT2D eigenvalue weighted by molar-refractivity contribution is 8.18. The third-order valence-electron chi connectivity index (χ3n) is 4.66. The molecule has 1 aliphatic heterocycles. The number of alkyl halides is 2. The van der Waals surface area contributed by atoms with Crippen LogP contribution in [0.1, 0.15) is 18.9 Å². The van der Waals surface area contributed by atoms with Crippen LogP contribution in [-0.4, -0.2) is 48.8 Å². The van der Waals surface area contributed by atoms with Crippen molar-refractivity contribution in [2.75, 3.05) is 20.2 Å². The van der Waals surface area contributed by atoms with Gasteiger partial charge in [0.15, 0.2) is 11.5 Å². The van der Waals surface area contributed by atoms with Crippen LogP contribution in [0.15, 0.2) is 23.1 Å². The van der Waals surface area contributed by atoms with Crippen molar-refractivity contribution < 1.29 is 32.6 Å². The zero-order valence-corrected chi connectivity index (χ0v) is 16.6. The number of carbonyl (C=O) groups is 3. The zero-order chi connectivity index (χ0) is 21.1. The van der Waals surface area contributed by atoms with Crippen molar-refractivity contribution in [1.29, 1.82) is 0 Å². The largest absolute Gasteiger partial charge is 0.493 e. The maximum absolute atomic E-state index is 12.5. The summed E-state index contributed by atoms with van der Waals surface area (Å²) in [6, 6.07) is 4.21. The molecule has 1 saturated carbocycles. The third-order valence-corrected chi connectivity index (χ3v) is 5.56. The molecule has 0 bridgehead atoms. The van der Waals surface area contributed by atoms with Gasteiger partial charge in [-0.1, -0.05) is 13.0 Å². The van der Waals surface area contributed by atoms with Crippen LogP contribution in [0.5, 0.6) is 11.5 Å². The summed E-state index contributed by atoms with van der Waals surface area (Å²) in [5, 5.41) is 2.31. The number of thioether (sulfide) groups is 1. The average molecular weight is 426 g/mol. The number of methoxy groups -OCH3 is 1. The Morgan fingerprint density at radius 1 is 1.38 bits per heavy atom. The quantitative estimate of drug-likeness (QED) is 0.643. The van der Waals surface area contributed by atoms with E-state index in [1.54, 1.807) is 0 Å². The van der Waals surface area contributed by atoms with Crippen LogP contribution < -0.4 is 14.8 Å². The van der Waals surface area contributed by atoms with Gasteiger partial charge in [0.25, 0.3) is 11.1 Å². The van der Waals surface area contributed by atoms with Crippen LogP contribution in [-0.2, 0) is 9.59 Å². The molecule has 1 aromatic rings. The van der Waals surface area contributed by atoms with Crippen LogP contribution in [0.3, 0.4) is 0 Å². The monoisotopic (exact) mass is 426 g/mol. The molecule has 2 aliphatic rings. The van der Waals surface area contributed by atoms with E-state index in [2.05, 4.69) is 10.1 Å². The van der Waals surface area contributed by atoms with Crippen LogP contribution in [0.4, 0.5) is 13.6 Å². The number of hydrogen-bond donors (Lipinski definition) is 1. The predicted octanol–water partition coefficient (Wildman–Crippen LogP) is 3.11. The lowest BCUT2D eigenvalue weighted by molar-refractivity contribution is -0.125. The average Bonchev–Trinajstić information content (AvgIpc) is 3.35. The Balaban J connectivity index is 1.63. The number of nitrogens with zero attached hydrogens (tertiary/aromatic N) is 1. The zero-order valence-electron chi connectivity index (χ0n) is 15.8. The van der Waals surface area contributed by atoms with Crippen molar-refractivity contribution in [3.63, 3.8) is 0 Å². The Morgan fingerprint density at radius 3 is 2.72 bits per heavy atom. The van der Waals surface area contributed by atoms with Crippen molar-refractivity contribution in [3.8, 4) is 11.5 Å². The summed E-state index contributed by atoms with van der Waals surface area (Å²) in [6.07, 6.45) is 2.34. The van der Waals surface area contributed by atoms with Crippen LogP contribution in [0, 0.1) is 11.8 Å². The highest BCUT2D eigenvalue weighted by Crippen LogP contribution is 2.38. The van der Waals surface area contributed by atoms with E-state index in [0.717, 1.165) is 23.1 Å². The minimum absolute atomic E-state index is 0.0248. The van der Waals surface area contributed by atoms with Gasteiger partial charge in [-0.15, -0.1) is 0 Å². The molecule has 0 aromatic heterocycles. The molecule has 156 valence electrons. The Morgan fingerprint density at radius 2 is 2.10 bits per heavy atom. The van der Waals surface area contributed by atoms with Crippen molar-refractivity contribution in [3.05, 3.63) is 28.7 Å². The third kappa shape index (κ3) is 5.06. The smallest absolute Gasteiger partial charge is 0.387 e. The molecular weight excluding hydrogens is 406 g/mol. The van der Waals surface area contributed by atoms with E-state index in [9.17, 15) is 23.2 Å². The van der Waals surface area contributed by atoms with Gasteiger partial charge in [-0.05, 0) is 47.9 Å². The molecule has 7 nitrogen and oxygen atoms in total. The molecule has 2 fully saturated rings. The van der Waals surface area contributed by atoms with Crippen LogP contribution >= 0.6 is 11.8 Å². The van der Waals surface area contributed by atoms with E-state index < -0.39 is 17.8 Å². The summed E-state index contributed by atoms with van der Waals surface area (Å²) < 4.78 is 34.2. The molecule has 2 atom stereocenters. The van der Waals surface area contributed by atoms with E-state index >= 15 is 0 Å². The van der Waals surface area contributed by atoms with E-state index in [4.69, 9.17) is 4.74 Å². The molecule has 0 radical (unpaired) electrons. The maximum atomic E-state index is 12.5. The first-order valence-corrected chi connectivity index (χ1v) is 9.77. The highest BCUT2D eigenvalue weighted by Gasteiger charge is 2.39. The second-order valence-corrected chi connectivity index (χ2v) is 7.73. The molecule has 1 saturated heterocycles. The summed E-state index contributed by atoms with van der Waals surface area (Å²) in [4.78, 5) is 37.7. The molecule has 10 heteroatoms. The Hall–Kier alpha value is -2.62. The summed E-state index contributed by atoms with van der Waals surface area (Å²) in [5.74, 6) is -0.177. The second-order valence-electron chi connectivity index (χ2n) is 6.73. The lowest BCUT2D eigenvalue weighted by atomic mass is 10.2. The SMILES string of the molecule is COc1cc(/C=C2\SC(=O)N(CCNC(=O)C3CC3C)C2=O)ccc1OC(F)F. The number of amides is 3. The molecule has 3 amide bonds. The Bertz CT molecular complexity index is 861. The lowest BCUT2D eigenvalue weighted by Crippen LogP contribution is -2.37. The summed E-state index contributed by atoms with van der Waals surface area (Å²) in [7, 11) is 1.31. The first-order chi connectivity index (χ1) is 13.8. The molecule has 1 aromatic carbocycles. The minimum atomic E-state index is -2.99. The van der Waals surface area contributed by atoms with Gasteiger partial charge < -0.3 is 14.8 Å². The predicted molar refractivity (Wildman–Crippen MR) is 103 cm³/mol. The van der Waals surface area contributed by atoms with Crippen molar-refractivity contribution in [1.82, 2.24) is 10.2 Å². The molecule has 0 spiro atoms. The molecule has 1 N–H and O–H groups in total. The van der Waals surface area contributed by atoms with Gasteiger partial charge in [0, 0.05) is 19.0 Å². The van der Waals surface area contributed by atoms with Crippen molar-refractivity contribution in [2.45, 2.75) is 20.0 Å². The Kier molecular flexibility index (Phi) is 6.41. The molecule has 3 rings (SSSR count). The van der Waals surface area contributed by atoms with Gasteiger partial charge in [0.05, 0.1) is 12.0 Å². The highest BCUT2D eigenvalue weighted by atomic mass is 32.2. The molecule has 2 unspecified atom stereocenters. The van der Waals surface area contributed by atoms with E-state index in [1.165, 1.54) is 31.4 Å². The number of imide groups is 1. The Labute approximate surface area is 170 Å². The van der Waals surface area contributed by atoms with Gasteiger partial charge in [0.1, 0.15) is 0 Å². The van der Waals surface area contributed by atoms with Gasteiger partial charge in [-0.3, -0.25) is 19.3 Å². The number of hydrogen-bond acceptors (Lipinski definition) is 6. The van der Waals surface area contributed by atoms with Crippen LogP contribution in [0.25, 0.3) is 6.08 Å². The minimum Gasteiger partial charge on any atom is -0.493 e. The fourth-order valence-electron chi connectivity index (χ4n) is 2.92. The normalized spacial score (nSPS) is 22.4. The number of carbonyl (C=O) groups excluding carboxylic acids is 3. The number of benzene rings is 1. The standard InChI is InChI=1S/C19H20F2N2O5S/c1-10-7-12(10)16(24)22-5-6-23-17(25)15(29-19(23)26)9-11-3-4-13(28-18(20)21)14(8-11)27-2/h3-4,8-10,12,18H,5-7H2,1-2H3,(H,22,24)/b15-9-. The van der Waals surface area contributed by atoms with E-state index in [-0.39, 0.29) is 41.3 Å². The molecule has 1 heterocycles. The number of nitrogens with one attached hydrogen (secondary N) is 1. The fourth-order valence-corrected chi connectivity index (χ4v) is 3.79. The van der Waals surface area contributed by atoms with E-state index in [1.807, 2.05) is 6.92 Å². The number of ether oxygens (including phenoxy) is 2. The van der Waals surface area contributed by atoms with Gasteiger partial charge in [-0.2, -0.15) is 8.78 Å². The molecule has 1 aliphatic carbocycles. The summed E-state index contributed by atoms with van der Waals surface area (Å²) >= 11 is 0.777. The molecular formula is C19H20F2N2O5S. The summed E-state index contributed by atoms with van der Waals surface area (Å²) in [6.45, 7) is -0.720. The van der Waals surface area contributed by atoms with Gasteiger partial charge in [-0.25, -0.2) is 0 Å². The van der Waals surface area contributed by atoms with Crippen molar-refractivity contribution >= 4 is 34.9 Å². The topological polar surface area (TPSA) is 84.9 Å². The second kappa shape index (κ2) is 8.81. The first-order valence-electron chi connectivity index (χ1n) is 8.96. The van der Waals surface area contributed by atoms with Gasteiger partial charge >= 0.3 is 6.61 Å². The maximum Gasteiger partial charge on any atom is 0.387 e.